The van der Waals surface area contributed by atoms with E-state index in [1.54, 1.807) is 11.3 Å². The number of aromatic nitrogens is 4. The molecule has 0 radical (unpaired) electrons. The minimum Gasteiger partial charge on any atom is -0.335 e. The van der Waals surface area contributed by atoms with Gasteiger partial charge in [0, 0.05) is 36.6 Å². The number of piperazine rings is 1. The zero-order chi connectivity index (χ0) is 23.9. The highest BCUT2D eigenvalue weighted by molar-refractivity contribution is 7.18. The number of benzene rings is 1. The van der Waals surface area contributed by atoms with E-state index in [9.17, 15) is 9.59 Å². The van der Waals surface area contributed by atoms with E-state index in [0.29, 0.717) is 31.2 Å². The van der Waals surface area contributed by atoms with E-state index in [1.165, 1.54) is 22.4 Å². The summed E-state index contributed by atoms with van der Waals surface area (Å²) in [6.07, 6.45) is 4.39. The highest BCUT2D eigenvalue weighted by Crippen LogP contribution is 2.33. The van der Waals surface area contributed by atoms with Crippen LogP contribution < -0.4 is 5.56 Å². The van der Waals surface area contributed by atoms with Crippen LogP contribution >= 0.6 is 11.3 Å². The summed E-state index contributed by atoms with van der Waals surface area (Å²) in [6.45, 7) is 5.33. The van der Waals surface area contributed by atoms with Crippen LogP contribution in [0, 0.1) is 6.92 Å². The molecular formula is C26H28N6O2S. The smallest absolute Gasteiger partial charge is 0.271 e. The molecule has 0 atom stereocenters. The number of H-pyrrole nitrogens is 2. The average molecular weight is 489 g/mol. The lowest BCUT2D eigenvalue weighted by Gasteiger charge is -2.34. The van der Waals surface area contributed by atoms with Gasteiger partial charge in [-0.3, -0.25) is 19.6 Å². The van der Waals surface area contributed by atoms with Crippen molar-refractivity contribution in [1.82, 2.24) is 30.0 Å². The zero-order valence-corrected chi connectivity index (χ0v) is 20.6. The molecule has 0 bridgehead atoms. The summed E-state index contributed by atoms with van der Waals surface area (Å²) in [7, 11) is 0. The first kappa shape index (κ1) is 22.2. The Labute approximate surface area is 207 Å². The molecule has 1 aromatic carbocycles. The topological polar surface area (TPSA) is 98.0 Å². The molecule has 2 aliphatic rings. The molecule has 0 unspecified atom stereocenters. The number of thiophene rings is 1. The molecule has 1 saturated heterocycles. The van der Waals surface area contributed by atoms with E-state index in [0.717, 1.165) is 53.8 Å². The van der Waals surface area contributed by atoms with E-state index in [-0.39, 0.29) is 11.5 Å². The largest absolute Gasteiger partial charge is 0.335 e. The molecule has 9 heteroatoms. The average Bonchev–Trinajstić information content (AvgIpc) is 3.50. The van der Waals surface area contributed by atoms with Crippen molar-refractivity contribution in [3.63, 3.8) is 0 Å². The van der Waals surface area contributed by atoms with Gasteiger partial charge in [0.1, 0.15) is 16.3 Å². The van der Waals surface area contributed by atoms with Gasteiger partial charge in [-0.05, 0) is 44.2 Å². The second kappa shape index (κ2) is 9.05. The van der Waals surface area contributed by atoms with Crippen LogP contribution in [-0.2, 0) is 19.4 Å². The summed E-state index contributed by atoms with van der Waals surface area (Å²) in [5.74, 6) is 0.671. The molecule has 8 nitrogen and oxygen atoms in total. The third-order valence-electron chi connectivity index (χ3n) is 7.06. The number of aryl methyl sites for hydroxylation is 3. The maximum absolute atomic E-state index is 13.0. The third kappa shape index (κ3) is 4.30. The quantitative estimate of drug-likeness (QED) is 0.458. The Kier molecular flexibility index (Phi) is 5.74. The summed E-state index contributed by atoms with van der Waals surface area (Å²) < 4.78 is 0. The molecule has 180 valence electrons. The first-order valence-electron chi connectivity index (χ1n) is 12.2. The van der Waals surface area contributed by atoms with E-state index in [1.807, 2.05) is 42.2 Å². The molecule has 6 rings (SSSR count). The number of hydrogen-bond donors (Lipinski definition) is 2. The minimum absolute atomic E-state index is 0.0122. The molecule has 2 N–H and O–H groups in total. The van der Waals surface area contributed by atoms with Crippen LogP contribution in [0.1, 0.15) is 45.2 Å². The Balaban J connectivity index is 1.10. The Hall–Kier alpha value is -3.30. The maximum atomic E-state index is 13.0. The van der Waals surface area contributed by atoms with Crippen LogP contribution in [0.2, 0.25) is 0 Å². The highest BCUT2D eigenvalue weighted by atomic mass is 32.1. The fourth-order valence-electron chi connectivity index (χ4n) is 5.08. The van der Waals surface area contributed by atoms with Gasteiger partial charge in [-0.2, -0.15) is 5.10 Å². The number of carbonyl (C=O) groups is 1. The molecule has 0 saturated carbocycles. The first-order chi connectivity index (χ1) is 17.0. The molecule has 1 amide bonds. The van der Waals surface area contributed by atoms with Crippen molar-refractivity contribution in [2.75, 3.05) is 26.2 Å². The molecule has 1 aliphatic carbocycles. The normalized spacial score (nSPS) is 16.5. The van der Waals surface area contributed by atoms with Crippen molar-refractivity contribution < 1.29 is 4.79 Å². The molecule has 3 aromatic heterocycles. The van der Waals surface area contributed by atoms with Crippen molar-refractivity contribution in [1.29, 1.82) is 0 Å². The number of hydrogen-bond acceptors (Lipinski definition) is 6. The lowest BCUT2D eigenvalue weighted by atomic mass is 9.97. The minimum atomic E-state index is -0.0346. The molecule has 1 aliphatic heterocycles. The lowest BCUT2D eigenvalue weighted by molar-refractivity contribution is 0.0619. The van der Waals surface area contributed by atoms with Crippen molar-refractivity contribution >= 4 is 27.5 Å². The Morgan fingerprint density at radius 2 is 1.86 bits per heavy atom. The number of fused-ring (bicyclic) bond motifs is 3. The van der Waals surface area contributed by atoms with Gasteiger partial charge in [-0.25, -0.2) is 4.98 Å². The number of nitrogens with one attached hydrogen (secondary N) is 2. The van der Waals surface area contributed by atoms with Gasteiger partial charge in [0.15, 0.2) is 0 Å². The van der Waals surface area contributed by atoms with E-state index >= 15 is 0 Å². The van der Waals surface area contributed by atoms with Crippen molar-refractivity contribution in [2.24, 2.45) is 0 Å². The Morgan fingerprint density at radius 3 is 2.66 bits per heavy atom. The van der Waals surface area contributed by atoms with Crippen LogP contribution in [0.15, 0.2) is 35.1 Å². The molecular weight excluding hydrogens is 460 g/mol. The SMILES string of the molecule is Cc1ccc(-c2cc(C(=O)N3CCN(Cc4nc5sc6c(c5c(=O)[nH]4)CCCC6)CC3)[nH]n2)cc1. The predicted octanol–water partition coefficient (Wildman–Crippen LogP) is 3.52. The van der Waals surface area contributed by atoms with Crippen LogP contribution in [-0.4, -0.2) is 62.1 Å². The van der Waals surface area contributed by atoms with Gasteiger partial charge in [0.2, 0.25) is 0 Å². The van der Waals surface area contributed by atoms with Crippen molar-refractivity contribution in [3.8, 4) is 11.3 Å². The van der Waals surface area contributed by atoms with Gasteiger partial charge in [-0.15, -0.1) is 11.3 Å². The predicted molar refractivity (Wildman–Crippen MR) is 137 cm³/mol. The molecule has 1 fully saturated rings. The Bertz CT molecular complexity index is 1440. The number of amides is 1. The van der Waals surface area contributed by atoms with E-state index in [2.05, 4.69) is 20.1 Å². The summed E-state index contributed by atoms with van der Waals surface area (Å²) in [5.41, 5.74) is 4.66. The standard InChI is InChI=1S/C26H28N6O2S/c1-16-6-8-17(9-7-16)19-14-20(30-29-19)26(34)32-12-10-31(11-13-32)15-22-27-24(33)23-18-4-2-3-5-21(18)35-25(23)28-22/h6-9,14H,2-5,10-13,15H2,1H3,(H,29,30)(H,27,28,33). The highest BCUT2D eigenvalue weighted by Gasteiger charge is 2.25. The molecule has 4 aromatic rings. The summed E-state index contributed by atoms with van der Waals surface area (Å²) in [5, 5.41) is 8.04. The number of aromatic amines is 2. The van der Waals surface area contributed by atoms with Crippen molar-refractivity contribution in [2.45, 2.75) is 39.2 Å². The summed E-state index contributed by atoms with van der Waals surface area (Å²) in [6, 6.07) is 9.93. The maximum Gasteiger partial charge on any atom is 0.271 e. The van der Waals surface area contributed by atoms with Crippen LogP contribution in [0.5, 0.6) is 0 Å². The summed E-state index contributed by atoms with van der Waals surface area (Å²) >= 11 is 1.68. The number of carbonyl (C=O) groups excluding carboxylic acids is 1. The molecule has 35 heavy (non-hydrogen) atoms. The zero-order valence-electron chi connectivity index (χ0n) is 19.8. The van der Waals surface area contributed by atoms with Crippen LogP contribution in [0.4, 0.5) is 0 Å². The van der Waals surface area contributed by atoms with Crippen LogP contribution in [0.25, 0.3) is 21.5 Å². The van der Waals surface area contributed by atoms with Gasteiger partial charge in [0.05, 0.1) is 17.6 Å². The second-order valence-corrected chi connectivity index (χ2v) is 10.6. The fourth-order valence-corrected chi connectivity index (χ4v) is 6.36. The fraction of sp³-hybridized carbons (Fsp3) is 0.385. The molecule has 0 spiro atoms. The van der Waals surface area contributed by atoms with Gasteiger partial charge < -0.3 is 9.88 Å². The number of rotatable bonds is 4. The first-order valence-corrected chi connectivity index (χ1v) is 13.0. The monoisotopic (exact) mass is 488 g/mol. The van der Waals surface area contributed by atoms with E-state index in [4.69, 9.17) is 4.98 Å². The van der Waals surface area contributed by atoms with Gasteiger partial charge >= 0.3 is 0 Å². The third-order valence-corrected chi connectivity index (χ3v) is 8.25. The van der Waals surface area contributed by atoms with Crippen molar-refractivity contribution in [3.05, 3.63) is 68.2 Å². The second-order valence-electron chi connectivity index (χ2n) is 9.50. The van der Waals surface area contributed by atoms with E-state index < -0.39 is 0 Å². The Morgan fingerprint density at radius 1 is 1.09 bits per heavy atom. The molecule has 4 heterocycles. The number of nitrogens with zero attached hydrogens (tertiary/aromatic N) is 4. The summed E-state index contributed by atoms with van der Waals surface area (Å²) in [4.78, 5) is 40.0. The van der Waals surface area contributed by atoms with Gasteiger partial charge in [0.25, 0.3) is 11.5 Å². The van der Waals surface area contributed by atoms with Crippen LogP contribution in [0.3, 0.4) is 0 Å². The van der Waals surface area contributed by atoms with Gasteiger partial charge in [-0.1, -0.05) is 29.8 Å². The lowest BCUT2D eigenvalue weighted by Crippen LogP contribution is -2.48.